The van der Waals surface area contributed by atoms with E-state index in [9.17, 15) is 0 Å². The summed E-state index contributed by atoms with van der Waals surface area (Å²) in [6, 6.07) is 1.79. The molecule has 1 atom stereocenters. The van der Waals surface area contributed by atoms with Gasteiger partial charge >= 0.3 is 0 Å². The van der Waals surface area contributed by atoms with Crippen LogP contribution in [0.25, 0.3) is 0 Å². The lowest BCUT2D eigenvalue weighted by Gasteiger charge is -2.18. The van der Waals surface area contributed by atoms with Crippen molar-refractivity contribution in [2.75, 3.05) is 21.3 Å². The lowest BCUT2D eigenvalue weighted by atomic mass is 10.2. The van der Waals surface area contributed by atoms with E-state index in [0.29, 0.717) is 10.8 Å². The minimum atomic E-state index is -0.296. The fraction of sp³-hybridized carbons (Fsp3) is 0.667. The summed E-state index contributed by atoms with van der Waals surface area (Å²) in [5, 5.41) is 0. The zero-order valence-electron chi connectivity index (χ0n) is 8.90. The van der Waals surface area contributed by atoms with Crippen LogP contribution in [0.15, 0.2) is 6.07 Å². The highest BCUT2D eigenvalue weighted by Gasteiger charge is 2.19. The van der Waals surface area contributed by atoms with Crippen molar-refractivity contribution < 1.29 is 14.2 Å². The molecule has 0 saturated heterocycles. The molecule has 0 saturated carbocycles. The van der Waals surface area contributed by atoms with E-state index < -0.39 is 0 Å². The second-order valence-corrected chi connectivity index (χ2v) is 4.35. The van der Waals surface area contributed by atoms with Crippen LogP contribution in [0.5, 0.6) is 0 Å². The maximum Gasteiger partial charge on any atom is 0.159 e. The van der Waals surface area contributed by atoms with Crippen LogP contribution in [0.4, 0.5) is 0 Å². The number of halogens is 1. The van der Waals surface area contributed by atoms with Gasteiger partial charge in [0, 0.05) is 27.8 Å². The summed E-state index contributed by atoms with van der Waals surface area (Å²) in [7, 11) is 4.81. The Morgan fingerprint density at radius 1 is 1.33 bits per heavy atom. The van der Waals surface area contributed by atoms with Crippen molar-refractivity contribution in [1.82, 2.24) is 4.37 Å². The molecule has 0 N–H and O–H groups in total. The topological polar surface area (TPSA) is 40.6 Å². The molecular weight excluding hydrogens is 238 g/mol. The predicted octanol–water partition coefficient (Wildman–Crippen LogP) is 2.49. The predicted molar refractivity (Wildman–Crippen MR) is 59.3 cm³/mol. The van der Waals surface area contributed by atoms with Gasteiger partial charge < -0.3 is 14.2 Å². The molecule has 0 bridgehead atoms. The van der Waals surface area contributed by atoms with E-state index in [1.807, 2.05) is 0 Å². The molecule has 15 heavy (non-hydrogen) atoms. The molecule has 0 aliphatic carbocycles. The van der Waals surface area contributed by atoms with Crippen molar-refractivity contribution in [3.8, 4) is 0 Å². The molecule has 1 aromatic rings. The second kappa shape index (κ2) is 6.40. The van der Waals surface area contributed by atoms with Gasteiger partial charge in [0.05, 0.1) is 5.69 Å². The average molecular weight is 252 g/mol. The van der Waals surface area contributed by atoms with Crippen LogP contribution in [0, 0.1) is 0 Å². The first-order valence-corrected chi connectivity index (χ1v) is 5.57. The summed E-state index contributed by atoms with van der Waals surface area (Å²) in [6.45, 7) is 0. The molecule has 0 aliphatic rings. The van der Waals surface area contributed by atoms with Crippen LogP contribution in [-0.2, 0) is 14.2 Å². The summed E-state index contributed by atoms with van der Waals surface area (Å²) >= 11 is 7.05. The molecule has 6 heteroatoms. The van der Waals surface area contributed by atoms with Gasteiger partial charge in [-0.2, -0.15) is 4.37 Å². The van der Waals surface area contributed by atoms with Gasteiger partial charge in [-0.25, -0.2) is 0 Å². The molecule has 1 rings (SSSR count). The van der Waals surface area contributed by atoms with Crippen molar-refractivity contribution >= 4 is 23.1 Å². The van der Waals surface area contributed by atoms with Crippen molar-refractivity contribution in [2.45, 2.75) is 18.8 Å². The van der Waals surface area contributed by atoms with E-state index in [1.165, 1.54) is 11.5 Å². The third-order valence-electron chi connectivity index (χ3n) is 2.05. The first kappa shape index (κ1) is 12.9. The number of methoxy groups -OCH3 is 3. The van der Waals surface area contributed by atoms with Gasteiger partial charge in [0.15, 0.2) is 6.29 Å². The Morgan fingerprint density at radius 3 is 2.40 bits per heavy atom. The van der Waals surface area contributed by atoms with E-state index >= 15 is 0 Å². The Balaban J connectivity index is 2.63. The van der Waals surface area contributed by atoms with Crippen LogP contribution in [0.2, 0.25) is 4.34 Å². The van der Waals surface area contributed by atoms with Gasteiger partial charge in [0.2, 0.25) is 0 Å². The first-order valence-electron chi connectivity index (χ1n) is 4.41. The number of hydrogen-bond acceptors (Lipinski definition) is 5. The largest absolute Gasteiger partial charge is 0.375 e. The number of rotatable bonds is 6. The SMILES string of the molecule is COC(CC(OC)c1cc(Cl)sn1)OC. The molecule has 0 aromatic carbocycles. The minimum Gasteiger partial charge on any atom is -0.375 e. The number of ether oxygens (including phenoxy) is 3. The number of nitrogens with zero attached hydrogens (tertiary/aromatic N) is 1. The lowest BCUT2D eigenvalue weighted by Crippen LogP contribution is -2.18. The highest BCUT2D eigenvalue weighted by molar-refractivity contribution is 7.10. The highest BCUT2D eigenvalue weighted by atomic mass is 35.5. The van der Waals surface area contributed by atoms with Gasteiger partial charge in [0.25, 0.3) is 0 Å². The zero-order chi connectivity index (χ0) is 11.3. The van der Waals surface area contributed by atoms with Crippen molar-refractivity contribution in [1.29, 1.82) is 0 Å². The van der Waals surface area contributed by atoms with E-state index in [4.69, 9.17) is 25.8 Å². The van der Waals surface area contributed by atoms with Crippen molar-refractivity contribution in [3.05, 3.63) is 16.1 Å². The van der Waals surface area contributed by atoms with Gasteiger partial charge in [-0.3, -0.25) is 0 Å². The van der Waals surface area contributed by atoms with Gasteiger partial charge in [-0.05, 0) is 17.6 Å². The van der Waals surface area contributed by atoms with Crippen LogP contribution >= 0.6 is 23.1 Å². The fourth-order valence-corrected chi connectivity index (χ4v) is 1.97. The van der Waals surface area contributed by atoms with Crippen LogP contribution in [0.3, 0.4) is 0 Å². The molecular formula is C9H14ClNO3S. The summed E-state index contributed by atoms with van der Waals surface area (Å²) in [6.07, 6.45) is 0.137. The molecule has 0 fully saturated rings. The molecule has 1 heterocycles. The summed E-state index contributed by atoms with van der Waals surface area (Å²) in [5.74, 6) is 0. The minimum absolute atomic E-state index is 0.154. The molecule has 86 valence electrons. The Kier molecular flexibility index (Phi) is 5.49. The molecule has 4 nitrogen and oxygen atoms in total. The van der Waals surface area contributed by atoms with Crippen LogP contribution < -0.4 is 0 Å². The second-order valence-electron chi connectivity index (χ2n) is 2.92. The van der Waals surface area contributed by atoms with Gasteiger partial charge in [-0.1, -0.05) is 11.6 Å². The summed E-state index contributed by atoms with van der Waals surface area (Å²) in [5.41, 5.74) is 0.812. The summed E-state index contributed by atoms with van der Waals surface area (Å²) in [4.78, 5) is 0. The van der Waals surface area contributed by atoms with Gasteiger partial charge in [-0.15, -0.1) is 0 Å². The highest BCUT2D eigenvalue weighted by Crippen LogP contribution is 2.26. The van der Waals surface area contributed by atoms with E-state index in [2.05, 4.69) is 4.37 Å². The molecule has 0 radical (unpaired) electrons. The van der Waals surface area contributed by atoms with Gasteiger partial charge in [0.1, 0.15) is 10.4 Å². The maximum absolute atomic E-state index is 5.80. The summed E-state index contributed by atoms with van der Waals surface area (Å²) < 4.78 is 20.3. The Labute approximate surface area is 98.3 Å². The third kappa shape index (κ3) is 3.70. The van der Waals surface area contributed by atoms with Crippen LogP contribution in [-0.4, -0.2) is 32.0 Å². The Bertz CT molecular complexity index is 291. The maximum atomic E-state index is 5.80. The van der Waals surface area contributed by atoms with Crippen LogP contribution in [0.1, 0.15) is 18.2 Å². The lowest BCUT2D eigenvalue weighted by molar-refractivity contribution is -0.127. The number of aromatic nitrogens is 1. The normalized spacial score (nSPS) is 13.4. The molecule has 1 aromatic heterocycles. The molecule has 0 amide bonds. The van der Waals surface area contributed by atoms with E-state index in [1.54, 1.807) is 27.4 Å². The van der Waals surface area contributed by atoms with Crippen molar-refractivity contribution in [3.63, 3.8) is 0 Å². The monoisotopic (exact) mass is 251 g/mol. The first-order chi connectivity index (χ1) is 7.21. The molecule has 0 spiro atoms. The fourth-order valence-electron chi connectivity index (χ4n) is 1.22. The quantitative estimate of drug-likeness (QED) is 0.729. The average Bonchev–Trinajstić information content (AvgIpc) is 2.67. The van der Waals surface area contributed by atoms with E-state index in [0.717, 1.165) is 5.69 Å². The smallest absolute Gasteiger partial charge is 0.159 e. The van der Waals surface area contributed by atoms with E-state index in [-0.39, 0.29) is 12.4 Å². The molecule has 0 aliphatic heterocycles. The molecule has 1 unspecified atom stereocenters. The number of hydrogen-bond donors (Lipinski definition) is 0. The van der Waals surface area contributed by atoms with Crippen molar-refractivity contribution in [2.24, 2.45) is 0 Å². The Hall–Kier alpha value is -0.200. The third-order valence-corrected chi connectivity index (χ3v) is 2.96. The standard InChI is InChI=1S/C9H14ClNO3S/c1-12-7(5-9(13-2)14-3)6-4-8(10)15-11-6/h4,7,9H,5H2,1-3H3. The zero-order valence-corrected chi connectivity index (χ0v) is 10.5. The Morgan fingerprint density at radius 2 is 2.00 bits per heavy atom.